The lowest BCUT2D eigenvalue weighted by atomic mass is 10.3. The standard InChI is InChI=1S/C7H6F3N3O3S/c8-7(9,10)5(16)11-6-13-12-3(17-6)1-2-4(14)15/h1-2H2,(H,14,15)(H,11,13,16). The van der Waals surface area contributed by atoms with Crippen LogP contribution in [0.15, 0.2) is 0 Å². The van der Waals surface area contributed by atoms with Gasteiger partial charge in [0.05, 0.1) is 6.42 Å². The number of carbonyl (C=O) groups is 2. The van der Waals surface area contributed by atoms with Crippen LogP contribution in [0.4, 0.5) is 18.3 Å². The van der Waals surface area contributed by atoms with Gasteiger partial charge in [-0.3, -0.25) is 14.9 Å². The second kappa shape index (κ2) is 5.08. The average Bonchev–Trinajstić information content (AvgIpc) is 2.61. The average molecular weight is 269 g/mol. The van der Waals surface area contributed by atoms with E-state index in [0.717, 1.165) is 0 Å². The van der Waals surface area contributed by atoms with Crippen molar-refractivity contribution in [3.05, 3.63) is 5.01 Å². The second-order valence-electron chi connectivity index (χ2n) is 2.85. The smallest absolute Gasteiger partial charge is 0.471 e. The van der Waals surface area contributed by atoms with Gasteiger partial charge in [-0.25, -0.2) is 0 Å². The first kappa shape index (κ1) is 13.4. The highest BCUT2D eigenvalue weighted by molar-refractivity contribution is 7.15. The number of aromatic nitrogens is 2. The number of hydrogen-bond acceptors (Lipinski definition) is 5. The first-order chi connectivity index (χ1) is 7.79. The van der Waals surface area contributed by atoms with Crippen molar-refractivity contribution in [2.45, 2.75) is 19.0 Å². The number of halogens is 3. The summed E-state index contributed by atoms with van der Waals surface area (Å²) in [6.07, 6.45) is -5.15. The van der Waals surface area contributed by atoms with E-state index in [4.69, 9.17) is 5.11 Å². The maximum atomic E-state index is 11.9. The van der Waals surface area contributed by atoms with Gasteiger partial charge in [0.2, 0.25) is 5.13 Å². The normalized spacial score (nSPS) is 11.2. The van der Waals surface area contributed by atoms with Gasteiger partial charge in [0.25, 0.3) is 0 Å². The molecule has 0 saturated heterocycles. The van der Waals surface area contributed by atoms with Crippen molar-refractivity contribution in [1.29, 1.82) is 0 Å². The Morgan fingerprint density at radius 1 is 1.35 bits per heavy atom. The Labute approximate surface area is 96.5 Å². The summed E-state index contributed by atoms with van der Waals surface area (Å²) in [7, 11) is 0. The molecule has 1 amide bonds. The van der Waals surface area contributed by atoms with Crippen molar-refractivity contribution in [2.75, 3.05) is 5.32 Å². The largest absolute Gasteiger partial charge is 0.481 e. The fourth-order valence-corrected chi connectivity index (χ4v) is 1.52. The molecule has 94 valence electrons. The van der Waals surface area contributed by atoms with Gasteiger partial charge in [-0.15, -0.1) is 10.2 Å². The number of carboxylic acid groups (broad SMARTS) is 1. The number of aryl methyl sites for hydroxylation is 1. The predicted molar refractivity (Wildman–Crippen MR) is 50.6 cm³/mol. The van der Waals surface area contributed by atoms with Crippen molar-refractivity contribution < 1.29 is 27.9 Å². The minimum Gasteiger partial charge on any atom is -0.481 e. The maximum Gasteiger partial charge on any atom is 0.471 e. The molecule has 10 heteroatoms. The topological polar surface area (TPSA) is 92.2 Å². The lowest BCUT2D eigenvalue weighted by molar-refractivity contribution is -0.167. The Kier molecular flexibility index (Phi) is 3.99. The van der Waals surface area contributed by atoms with Gasteiger partial charge in [0.15, 0.2) is 0 Å². The Morgan fingerprint density at radius 2 is 2.00 bits per heavy atom. The Morgan fingerprint density at radius 3 is 2.53 bits per heavy atom. The van der Waals surface area contributed by atoms with E-state index in [9.17, 15) is 22.8 Å². The van der Waals surface area contributed by atoms with Gasteiger partial charge in [0, 0.05) is 6.42 Å². The summed E-state index contributed by atoms with van der Waals surface area (Å²) in [6, 6.07) is 0. The fourth-order valence-electron chi connectivity index (χ4n) is 0.787. The number of amides is 1. The van der Waals surface area contributed by atoms with Crippen molar-refractivity contribution in [2.24, 2.45) is 0 Å². The third kappa shape index (κ3) is 4.34. The molecule has 0 bridgehead atoms. The highest BCUT2D eigenvalue weighted by Gasteiger charge is 2.39. The number of rotatable bonds is 4. The van der Waals surface area contributed by atoms with E-state index in [1.54, 1.807) is 0 Å². The molecule has 2 N–H and O–H groups in total. The molecule has 0 aliphatic rings. The molecular formula is C7H6F3N3O3S. The summed E-state index contributed by atoms with van der Waals surface area (Å²) < 4.78 is 35.6. The first-order valence-electron chi connectivity index (χ1n) is 4.21. The third-order valence-corrected chi connectivity index (χ3v) is 2.40. The Balaban J connectivity index is 2.57. The maximum absolute atomic E-state index is 11.9. The number of anilines is 1. The van der Waals surface area contributed by atoms with E-state index in [-0.39, 0.29) is 23.0 Å². The zero-order chi connectivity index (χ0) is 13.1. The number of nitrogens with one attached hydrogen (secondary N) is 1. The van der Waals surface area contributed by atoms with E-state index in [2.05, 4.69) is 10.2 Å². The van der Waals surface area contributed by atoms with Crippen LogP contribution in [0.2, 0.25) is 0 Å². The van der Waals surface area contributed by atoms with Crippen LogP contribution in [-0.2, 0) is 16.0 Å². The molecule has 0 saturated carbocycles. The van der Waals surface area contributed by atoms with Crippen molar-refractivity contribution in [3.63, 3.8) is 0 Å². The molecule has 0 spiro atoms. The minimum absolute atomic E-state index is 0.0505. The predicted octanol–water partition coefficient (Wildman–Crippen LogP) is 1.06. The van der Waals surface area contributed by atoms with Crippen LogP contribution in [0, 0.1) is 0 Å². The van der Waals surface area contributed by atoms with Gasteiger partial charge in [-0.1, -0.05) is 11.3 Å². The highest BCUT2D eigenvalue weighted by atomic mass is 32.1. The molecule has 0 fully saturated rings. The second-order valence-corrected chi connectivity index (χ2v) is 3.91. The van der Waals surface area contributed by atoms with Crippen LogP contribution in [0.3, 0.4) is 0 Å². The summed E-state index contributed by atoms with van der Waals surface area (Å²) in [4.78, 5) is 20.7. The first-order valence-corrected chi connectivity index (χ1v) is 5.03. The van der Waals surface area contributed by atoms with Crippen LogP contribution in [0.25, 0.3) is 0 Å². The van der Waals surface area contributed by atoms with Crippen LogP contribution in [-0.4, -0.2) is 33.4 Å². The van der Waals surface area contributed by atoms with E-state index >= 15 is 0 Å². The number of carbonyl (C=O) groups excluding carboxylic acids is 1. The van der Waals surface area contributed by atoms with E-state index in [1.807, 2.05) is 0 Å². The third-order valence-electron chi connectivity index (χ3n) is 1.50. The molecule has 1 heterocycles. The quantitative estimate of drug-likeness (QED) is 0.852. The van der Waals surface area contributed by atoms with Gasteiger partial charge in [0.1, 0.15) is 5.01 Å². The summed E-state index contributed by atoms with van der Waals surface area (Å²) >= 11 is 0.702. The van der Waals surface area contributed by atoms with Crippen LogP contribution in [0.1, 0.15) is 11.4 Å². The molecule has 6 nitrogen and oxygen atoms in total. The molecular weight excluding hydrogens is 263 g/mol. The SMILES string of the molecule is O=C(O)CCc1nnc(NC(=O)C(F)(F)F)s1. The molecule has 1 aromatic rings. The fraction of sp³-hybridized carbons (Fsp3) is 0.429. The lowest BCUT2D eigenvalue weighted by Crippen LogP contribution is -2.29. The van der Waals surface area contributed by atoms with Crippen molar-refractivity contribution >= 4 is 28.3 Å². The van der Waals surface area contributed by atoms with Gasteiger partial charge >= 0.3 is 18.1 Å². The number of aliphatic carboxylic acids is 1. The number of carboxylic acids is 1. The minimum atomic E-state index is -4.99. The molecule has 0 radical (unpaired) electrons. The molecule has 17 heavy (non-hydrogen) atoms. The molecule has 0 atom stereocenters. The Bertz CT molecular complexity index is 431. The molecule has 1 aromatic heterocycles. The summed E-state index contributed by atoms with van der Waals surface area (Å²) in [6.45, 7) is 0. The summed E-state index contributed by atoms with van der Waals surface area (Å²) in [5, 5.41) is 16.6. The van der Waals surface area contributed by atoms with Crippen molar-refractivity contribution in [1.82, 2.24) is 10.2 Å². The number of nitrogens with zero attached hydrogens (tertiary/aromatic N) is 2. The monoisotopic (exact) mass is 269 g/mol. The summed E-state index contributed by atoms with van der Waals surface area (Å²) in [5.74, 6) is -3.19. The molecule has 0 aliphatic carbocycles. The van der Waals surface area contributed by atoms with E-state index in [0.29, 0.717) is 11.3 Å². The van der Waals surface area contributed by atoms with Crippen LogP contribution < -0.4 is 5.32 Å². The highest BCUT2D eigenvalue weighted by Crippen LogP contribution is 2.21. The van der Waals surface area contributed by atoms with Gasteiger partial charge < -0.3 is 5.11 Å². The van der Waals surface area contributed by atoms with E-state index in [1.165, 1.54) is 5.32 Å². The lowest BCUT2D eigenvalue weighted by Gasteiger charge is -2.03. The molecule has 0 aromatic carbocycles. The molecule has 0 unspecified atom stereocenters. The van der Waals surface area contributed by atoms with Gasteiger partial charge in [-0.2, -0.15) is 13.2 Å². The van der Waals surface area contributed by atoms with E-state index < -0.39 is 18.1 Å². The van der Waals surface area contributed by atoms with Crippen LogP contribution in [0.5, 0.6) is 0 Å². The Hall–Kier alpha value is -1.71. The summed E-state index contributed by atoms with van der Waals surface area (Å²) in [5.41, 5.74) is 0. The molecule has 1 rings (SSSR count). The van der Waals surface area contributed by atoms with Crippen molar-refractivity contribution in [3.8, 4) is 0 Å². The molecule has 0 aliphatic heterocycles. The zero-order valence-corrected chi connectivity index (χ0v) is 8.93. The zero-order valence-electron chi connectivity index (χ0n) is 8.11. The van der Waals surface area contributed by atoms with Gasteiger partial charge in [-0.05, 0) is 0 Å². The number of alkyl halides is 3. The van der Waals surface area contributed by atoms with Crippen LogP contribution >= 0.6 is 11.3 Å². The number of hydrogen-bond donors (Lipinski definition) is 2.